The van der Waals surface area contributed by atoms with Gasteiger partial charge in [0, 0.05) is 10.6 Å². The number of methoxy groups -OCH3 is 3. The quantitative estimate of drug-likeness (QED) is 0.201. The van der Waals surface area contributed by atoms with E-state index in [-0.39, 0.29) is 21.9 Å². The van der Waals surface area contributed by atoms with Gasteiger partial charge in [0.1, 0.15) is 5.75 Å². The first kappa shape index (κ1) is 24.9. The summed E-state index contributed by atoms with van der Waals surface area (Å²) in [4.78, 5) is 24.9. The highest BCUT2D eigenvalue weighted by Gasteiger charge is 2.17. The third-order valence-electron chi connectivity index (χ3n) is 4.53. The van der Waals surface area contributed by atoms with Gasteiger partial charge in [-0.1, -0.05) is 35.3 Å². The van der Waals surface area contributed by atoms with Crippen LogP contribution in [0.5, 0.6) is 23.0 Å². The van der Waals surface area contributed by atoms with Crippen molar-refractivity contribution in [2.24, 2.45) is 5.10 Å². The van der Waals surface area contributed by atoms with E-state index in [0.29, 0.717) is 27.8 Å². The Bertz CT molecular complexity index is 1220. The molecule has 8 nitrogen and oxygen atoms in total. The van der Waals surface area contributed by atoms with Crippen molar-refractivity contribution in [3.63, 3.8) is 0 Å². The predicted octanol–water partition coefficient (Wildman–Crippen LogP) is 5.00. The van der Waals surface area contributed by atoms with Gasteiger partial charge in [-0.2, -0.15) is 5.10 Å². The van der Waals surface area contributed by atoms with Crippen LogP contribution in [0.1, 0.15) is 26.3 Å². The van der Waals surface area contributed by atoms with Crippen LogP contribution in [0.2, 0.25) is 10.0 Å². The highest BCUT2D eigenvalue weighted by Crippen LogP contribution is 2.38. The molecule has 0 aliphatic heterocycles. The Kier molecular flexibility index (Phi) is 8.34. The summed E-state index contributed by atoms with van der Waals surface area (Å²) in [7, 11) is 4.38. The van der Waals surface area contributed by atoms with Gasteiger partial charge in [0.05, 0.1) is 38.1 Å². The number of hydrogen-bond donors (Lipinski definition) is 1. The molecule has 0 spiro atoms. The first-order chi connectivity index (χ1) is 16.4. The minimum absolute atomic E-state index is 0.183. The largest absolute Gasteiger partial charge is 0.493 e. The van der Waals surface area contributed by atoms with Crippen molar-refractivity contribution in [2.75, 3.05) is 21.3 Å². The molecular formula is C24H20Cl2N2O6. The molecule has 10 heteroatoms. The highest BCUT2D eigenvalue weighted by molar-refractivity contribution is 6.36. The third-order valence-corrected chi connectivity index (χ3v) is 5.07. The lowest BCUT2D eigenvalue weighted by Gasteiger charge is -2.13. The maximum absolute atomic E-state index is 12.5. The zero-order valence-corrected chi connectivity index (χ0v) is 19.9. The smallest absolute Gasteiger partial charge is 0.345 e. The van der Waals surface area contributed by atoms with Crippen molar-refractivity contribution in [1.29, 1.82) is 0 Å². The molecular weight excluding hydrogens is 483 g/mol. The summed E-state index contributed by atoms with van der Waals surface area (Å²) < 4.78 is 21.1. The van der Waals surface area contributed by atoms with E-state index < -0.39 is 11.9 Å². The molecule has 0 aromatic heterocycles. The molecule has 0 fully saturated rings. The number of nitrogens with one attached hydrogen (secondary N) is 1. The lowest BCUT2D eigenvalue weighted by molar-refractivity contribution is 0.0734. The zero-order chi connectivity index (χ0) is 24.7. The minimum atomic E-state index is -0.633. The van der Waals surface area contributed by atoms with E-state index in [4.69, 9.17) is 42.1 Å². The van der Waals surface area contributed by atoms with E-state index in [1.165, 1.54) is 51.8 Å². The van der Waals surface area contributed by atoms with Crippen molar-refractivity contribution in [2.45, 2.75) is 0 Å². The molecule has 176 valence electrons. The van der Waals surface area contributed by atoms with Crippen LogP contribution in [-0.4, -0.2) is 39.4 Å². The van der Waals surface area contributed by atoms with Gasteiger partial charge >= 0.3 is 5.97 Å². The van der Waals surface area contributed by atoms with Crippen molar-refractivity contribution in [3.8, 4) is 23.0 Å². The molecule has 3 rings (SSSR count). The van der Waals surface area contributed by atoms with Crippen LogP contribution in [0, 0.1) is 0 Å². The van der Waals surface area contributed by atoms with Gasteiger partial charge < -0.3 is 18.9 Å². The molecule has 0 saturated carbocycles. The van der Waals surface area contributed by atoms with Gasteiger partial charge in [-0.05, 0) is 48.0 Å². The Balaban J connectivity index is 1.69. The molecule has 1 N–H and O–H groups in total. The van der Waals surface area contributed by atoms with Gasteiger partial charge in [0.2, 0.25) is 5.75 Å². The fourth-order valence-corrected chi connectivity index (χ4v) is 3.40. The average molecular weight is 503 g/mol. The second-order valence-electron chi connectivity index (χ2n) is 6.70. The van der Waals surface area contributed by atoms with E-state index >= 15 is 0 Å². The summed E-state index contributed by atoms with van der Waals surface area (Å²) >= 11 is 11.9. The lowest BCUT2D eigenvalue weighted by Crippen LogP contribution is -2.18. The number of hydrazone groups is 1. The van der Waals surface area contributed by atoms with Gasteiger partial charge in [-0.15, -0.1) is 0 Å². The topological polar surface area (TPSA) is 95.5 Å². The second-order valence-corrected chi connectivity index (χ2v) is 7.54. The van der Waals surface area contributed by atoms with Crippen LogP contribution in [-0.2, 0) is 0 Å². The van der Waals surface area contributed by atoms with E-state index in [2.05, 4.69) is 10.5 Å². The summed E-state index contributed by atoms with van der Waals surface area (Å²) in [6.45, 7) is 0. The molecule has 0 atom stereocenters. The van der Waals surface area contributed by atoms with Gasteiger partial charge in [-0.25, -0.2) is 10.2 Å². The Morgan fingerprint density at radius 2 is 1.62 bits per heavy atom. The maximum atomic E-state index is 12.5. The van der Waals surface area contributed by atoms with Crippen LogP contribution in [0.3, 0.4) is 0 Å². The van der Waals surface area contributed by atoms with Gasteiger partial charge in [-0.3, -0.25) is 4.79 Å². The first-order valence-electron chi connectivity index (χ1n) is 9.77. The number of rotatable bonds is 8. The number of carbonyl (C=O) groups is 2. The molecule has 1 amide bonds. The van der Waals surface area contributed by atoms with Crippen LogP contribution >= 0.6 is 23.2 Å². The zero-order valence-electron chi connectivity index (χ0n) is 18.4. The Morgan fingerprint density at radius 3 is 2.24 bits per heavy atom. The molecule has 3 aromatic carbocycles. The molecule has 0 bridgehead atoms. The number of halogens is 2. The molecule has 3 aromatic rings. The molecule has 0 aliphatic rings. The lowest BCUT2D eigenvalue weighted by atomic mass is 10.1. The van der Waals surface area contributed by atoms with E-state index in [9.17, 15) is 9.59 Å². The van der Waals surface area contributed by atoms with Crippen molar-refractivity contribution < 1.29 is 28.5 Å². The summed E-state index contributed by atoms with van der Waals surface area (Å²) in [5.74, 6) is 0.201. The van der Waals surface area contributed by atoms with E-state index in [1.807, 2.05) is 0 Å². The molecule has 0 saturated heterocycles. The number of nitrogens with zero attached hydrogens (tertiary/aromatic N) is 1. The highest BCUT2D eigenvalue weighted by atomic mass is 35.5. The number of carbonyl (C=O) groups excluding carboxylic acids is 2. The number of amides is 1. The number of hydrogen-bond acceptors (Lipinski definition) is 7. The predicted molar refractivity (Wildman–Crippen MR) is 129 cm³/mol. The number of benzene rings is 3. The number of ether oxygens (including phenoxy) is 4. The van der Waals surface area contributed by atoms with Gasteiger partial charge in [0.25, 0.3) is 5.91 Å². The van der Waals surface area contributed by atoms with Crippen LogP contribution in [0.25, 0.3) is 0 Å². The maximum Gasteiger partial charge on any atom is 0.345 e. The SMILES string of the molecule is COc1cc(C(=O)N/N=C/c2cccc(OC(=O)c3ccc(Cl)cc3Cl)c2)cc(OC)c1OC. The van der Waals surface area contributed by atoms with E-state index in [1.54, 1.807) is 30.3 Å². The van der Waals surface area contributed by atoms with Crippen LogP contribution < -0.4 is 24.4 Å². The molecule has 0 aliphatic carbocycles. The molecule has 34 heavy (non-hydrogen) atoms. The normalized spacial score (nSPS) is 10.6. The van der Waals surface area contributed by atoms with Crippen molar-refractivity contribution in [1.82, 2.24) is 5.43 Å². The van der Waals surface area contributed by atoms with Gasteiger partial charge in [0.15, 0.2) is 11.5 Å². The minimum Gasteiger partial charge on any atom is -0.493 e. The van der Waals surface area contributed by atoms with Crippen molar-refractivity contribution >= 4 is 41.3 Å². The molecule has 0 heterocycles. The first-order valence-corrected chi connectivity index (χ1v) is 10.5. The Hall–Kier alpha value is -3.75. The van der Waals surface area contributed by atoms with Crippen LogP contribution in [0.15, 0.2) is 59.7 Å². The molecule has 0 unspecified atom stereocenters. The fourth-order valence-electron chi connectivity index (χ4n) is 2.92. The number of esters is 1. The Labute approximate surface area is 206 Å². The van der Waals surface area contributed by atoms with E-state index in [0.717, 1.165) is 0 Å². The van der Waals surface area contributed by atoms with Crippen molar-refractivity contribution in [3.05, 3.63) is 81.3 Å². The third kappa shape index (κ3) is 5.98. The average Bonchev–Trinajstić information content (AvgIpc) is 2.83. The van der Waals surface area contributed by atoms with Crippen LogP contribution in [0.4, 0.5) is 0 Å². The summed E-state index contributed by atoms with van der Waals surface area (Å²) in [6, 6.07) is 14.1. The standard InChI is InChI=1S/C24H20Cl2N2O6/c1-31-20-10-15(11-21(32-2)22(20)33-3)23(29)28-27-13-14-5-4-6-17(9-14)34-24(30)18-8-7-16(25)12-19(18)26/h4-13H,1-3H3,(H,28,29)/b27-13+. The summed E-state index contributed by atoms with van der Waals surface area (Å²) in [5, 5.41) is 4.56. The molecule has 0 radical (unpaired) electrons. The monoisotopic (exact) mass is 502 g/mol. The Morgan fingerprint density at radius 1 is 0.912 bits per heavy atom. The fraction of sp³-hybridized carbons (Fsp3) is 0.125. The summed E-state index contributed by atoms with van der Waals surface area (Å²) in [5.41, 5.74) is 3.45. The summed E-state index contributed by atoms with van der Waals surface area (Å²) in [6.07, 6.45) is 1.41. The second kappa shape index (κ2) is 11.4.